The van der Waals surface area contributed by atoms with Crippen molar-refractivity contribution in [3.63, 3.8) is 0 Å². The Morgan fingerprint density at radius 2 is 2.11 bits per heavy atom. The number of ether oxygens (including phenoxy) is 1. The van der Waals surface area contributed by atoms with Crippen molar-refractivity contribution < 1.29 is 4.74 Å². The molecule has 0 rings (SSSR count). The van der Waals surface area contributed by atoms with Gasteiger partial charge in [0.15, 0.2) is 0 Å². The minimum atomic E-state index is 0.599. The molecule has 2 heteroatoms. The molecule has 0 radical (unpaired) electrons. The van der Waals surface area contributed by atoms with Crippen LogP contribution in [0.1, 0.15) is 20.3 Å². The fourth-order valence-electron chi connectivity index (χ4n) is 0.607. The van der Waals surface area contributed by atoms with E-state index in [-0.39, 0.29) is 0 Å². The van der Waals surface area contributed by atoms with E-state index in [9.17, 15) is 0 Å². The van der Waals surface area contributed by atoms with Crippen LogP contribution in [0.5, 0.6) is 0 Å². The van der Waals surface area contributed by atoms with Gasteiger partial charge < -0.3 is 10.1 Å². The molecule has 0 aliphatic rings. The van der Waals surface area contributed by atoms with Crippen molar-refractivity contribution >= 4 is 0 Å². The van der Waals surface area contributed by atoms with Crippen LogP contribution in [0.15, 0.2) is 0 Å². The maximum atomic E-state index is 4.88. The second kappa shape index (κ2) is 6.05. The van der Waals surface area contributed by atoms with Crippen LogP contribution in [0.25, 0.3) is 0 Å². The molecule has 56 valence electrons. The zero-order valence-electron chi connectivity index (χ0n) is 6.61. The van der Waals surface area contributed by atoms with Crippen LogP contribution in [-0.2, 0) is 4.74 Å². The number of hydrogen-bond donors (Lipinski definition) is 1. The summed E-state index contributed by atoms with van der Waals surface area (Å²) < 4.78 is 4.88. The molecule has 0 aliphatic heterocycles. The second-order valence-electron chi connectivity index (χ2n) is 2.46. The topological polar surface area (TPSA) is 21.3 Å². The maximum Gasteiger partial charge on any atom is 0.0474 e. The summed E-state index contributed by atoms with van der Waals surface area (Å²) in [5.74, 6) is 0. The molecule has 2 nitrogen and oxygen atoms in total. The monoisotopic (exact) mass is 131 g/mol. The number of methoxy groups -OCH3 is 1. The number of rotatable bonds is 5. The second-order valence-corrected chi connectivity index (χ2v) is 2.46. The van der Waals surface area contributed by atoms with Crippen molar-refractivity contribution in [2.75, 3.05) is 20.3 Å². The van der Waals surface area contributed by atoms with Crippen molar-refractivity contribution in [1.82, 2.24) is 5.32 Å². The van der Waals surface area contributed by atoms with Crippen LogP contribution in [0.4, 0.5) is 0 Å². The lowest BCUT2D eigenvalue weighted by molar-refractivity contribution is 0.193. The first-order valence-corrected chi connectivity index (χ1v) is 3.49. The molecule has 9 heavy (non-hydrogen) atoms. The SMILES string of the molecule is COCCCNC(C)C. The van der Waals surface area contributed by atoms with Crippen molar-refractivity contribution in [3.05, 3.63) is 0 Å². The average Bonchev–Trinajstić information content (AvgIpc) is 1.80. The van der Waals surface area contributed by atoms with Gasteiger partial charge in [0, 0.05) is 19.8 Å². The normalized spacial score (nSPS) is 10.7. The van der Waals surface area contributed by atoms with E-state index in [0.29, 0.717) is 6.04 Å². The van der Waals surface area contributed by atoms with Crippen LogP contribution in [-0.4, -0.2) is 26.3 Å². The molecular weight excluding hydrogens is 114 g/mol. The minimum absolute atomic E-state index is 0.599. The highest BCUT2D eigenvalue weighted by Gasteiger charge is 1.89. The van der Waals surface area contributed by atoms with Crippen molar-refractivity contribution in [2.45, 2.75) is 26.3 Å². The molecule has 0 spiro atoms. The van der Waals surface area contributed by atoms with E-state index >= 15 is 0 Å². The molecule has 0 unspecified atom stereocenters. The molecule has 0 aromatic carbocycles. The largest absolute Gasteiger partial charge is 0.385 e. The Kier molecular flexibility index (Phi) is 5.99. The Morgan fingerprint density at radius 3 is 2.56 bits per heavy atom. The molecule has 0 bridgehead atoms. The summed E-state index contributed by atoms with van der Waals surface area (Å²) in [4.78, 5) is 0. The lowest BCUT2D eigenvalue weighted by atomic mass is 10.3. The minimum Gasteiger partial charge on any atom is -0.385 e. The zero-order valence-corrected chi connectivity index (χ0v) is 6.61. The third kappa shape index (κ3) is 7.92. The summed E-state index contributed by atoms with van der Waals surface area (Å²) in [6, 6.07) is 0.599. The molecular formula is C7H17NO. The Morgan fingerprint density at radius 1 is 1.44 bits per heavy atom. The van der Waals surface area contributed by atoms with Crippen LogP contribution in [0, 0.1) is 0 Å². The highest BCUT2D eigenvalue weighted by Crippen LogP contribution is 1.80. The van der Waals surface area contributed by atoms with Gasteiger partial charge in [-0.3, -0.25) is 0 Å². The van der Waals surface area contributed by atoms with Gasteiger partial charge in [0.25, 0.3) is 0 Å². The molecule has 0 saturated carbocycles. The van der Waals surface area contributed by atoms with Crippen LogP contribution < -0.4 is 5.32 Å². The smallest absolute Gasteiger partial charge is 0.0474 e. The maximum absolute atomic E-state index is 4.88. The van der Waals surface area contributed by atoms with E-state index in [1.165, 1.54) is 0 Å². The standard InChI is InChI=1S/C7H17NO/c1-7(2)8-5-4-6-9-3/h7-8H,4-6H2,1-3H3. The van der Waals surface area contributed by atoms with Gasteiger partial charge in [0.05, 0.1) is 0 Å². The lowest BCUT2D eigenvalue weighted by Crippen LogP contribution is -2.24. The van der Waals surface area contributed by atoms with Gasteiger partial charge in [-0.25, -0.2) is 0 Å². The predicted octanol–water partition coefficient (Wildman–Crippen LogP) is 1.02. The van der Waals surface area contributed by atoms with Crippen LogP contribution in [0.2, 0.25) is 0 Å². The molecule has 0 aliphatic carbocycles. The molecule has 0 aromatic rings. The highest BCUT2D eigenvalue weighted by atomic mass is 16.5. The molecule has 0 amide bonds. The molecule has 0 heterocycles. The Labute approximate surface area is 57.6 Å². The molecule has 0 fully saturated rings. The summed E-state index contributed by atoms with van der Waals surface area (Å²) in [5, 5.41) is 3.30. The third-order valence-corrected chi connectivity index (χ3v) is 1.08. The van der Waals surface area contributed by atoms with E-state index in [1.807, 2.05) is 0 Å². The predicted molar refractivity (Wildman–Crippen MR) is 39.6 cm³/mol. The first-order chi connectivity index (χ1) is 4.27. The Bertz CT molecular complexity index is 54.9. The van der Waals surface area contributed by atoms with E-state index in [2.05, 4.69) is 19.2 Å². The van der Waals surface area contributed by atoms with Crippen LogP contribution >= 0.6 is 0 Å². The molecule has 0 aromatic heterocycles. The van der Waals surface area contributed by atoms with Gasteiger partial charge in [-0.1, -0.05) is 13.8 Å². The fourth-order valence-corrected chi connectivity index (χ4v) is 0.607. The lowest BCUT2D eigenvalue weighted by Gasteiger charge is -2.05. The quantitative estimate of drug-likeness (QED) is 0.562. The Balaban J connectivity index is 2.75. The van der Waals surface area contributed by atoms with Gasteiger partial charge in [-0.2, -0.15) is 0 Å². The van der Waals surface area contributed by atoms with Gasteiger partial charge in [-0.15, -0.1) is 0 Å². The van der Waals surface area contributed by atoms with E-state index < -0.39 is 0 Å². The van der Waals surface area contributed by atoms with Gasteiger partial charge in [-0.05, 0) is 13.0 Å². The number of hydrogen-bond acceptors (Lipinski definition) is 2. The molecule has 0 saturated heterocycles. The average molecular weight is 131 g/mol. The highest BCUT2D eigenvalue weighted by molar-refractivity contribution is 4.51. The third-order valence-electron chi connectivity index (χ3n) is 1.08. The van der Waals surface area contributed by atoms with Gasteiger partial charge in [0.1, 0.15) is 0 Å². The van der Waals surface area contributed by atoms with Crippen molar-refractivity contribution in [1.29, 1.82) is 0 Å². The van der Waals surface area contributed by atoms with Crippen LogP contribution in [0.3, 0.4) is 0 Å². The summed E-state index contributed by atoms with van der Waals surface area (Å²) in [6.07, 6.45) is 1.11. The zero-order chi connectivity index (χ0) is 7.11. The Hall–Kier alpha value is -0.0800. The van der Waals surface area contributed by atoms with Crippen molar-refractivity contribution in [2.24, 2.45) is 0 Å². The van der Waals surface area contributed by atoms with E-state index in [0.717, 1.165) is 19.6 Å². The van der Waals surface area contributed by atoms with Gasteiger partial charge >= 0.3 is 0 Å². The summed E-state index contributed by atoms with van der Waals surface area (Å²) in [7, 11) is 1.73. The summed E-state index contributed by atoms with van der Waals surface area (Å²) in [5.41, 5.74) is 0. The summed E-state index contributed by atoms with van der Waals surface area (Å²) in [6.45, 7) is 6.21. The van der Waals surface area contributed by atoms with Gasteiger partial charge in [0.2, 0.25) is 0 Å². The molecule has 0 atom stereocenters. The summed E-state index contributed by atoms with van der Waals surface area (Å²) >= 11 is 0. The first-order valence-electron chi connectivity index (χ1n) is 3.49. The molecule has 1 N–H and O–H groups in total. The van der Waals surface area contributed by atoms with E-state index in [1.54, 1.807) is 7.11 Å². The fraction of sp³-hybridized carbons (Fsp3) is 1.00. The van der Waals surface area contributed by atoms with E-state index in [4.69, 9.17) is 4.74 Å². The number of nitrogens with one attached hydrogen (secondary N) is 1. The first kappa shape index (κ1) is 8.92. The van der Waals surface area contributed by atoms with Crippen molar-refractivity contribution in [3.8, 4) is 0 Å².